The molecule has 1 heterocycles. The second-order valence-electron chi connectivity index (χ2n) is 1.69. The van der Waals surface area contributed by atoms with Crippen LogP contribution >= 0.6 is 27.3 Å². The Kier molecular flexibility index (Phi) is 2.59. The van der Waals surface area contributed by atoms with Gasteiger partial charge >= 0.3 is 0 Å². The second kappa shape index (κ2) is 3.27. The van der Waals surface area contributed by atoms with E-state index in [1.807, 2.05) is 0 Å². The van der Waals surface area contributed by atoms with Gasteiger partial charge in [0.2, 0.25) is 0 Å². The first-order valence-electron chi connectivity index (χ1n) is 2.63. The van der Waals surface area contributed by atoms with Crippen LogP contribution in [0, 0.1) is 0 Å². The molecule has 0 spiro atoms. The molecule has 1 aromatic rings. The number of hydrogen-bond acceptors (Lipinski definition) is 3. The highest BCUT2D eigenvalue weighted by Crippen LogP contribution is 2.21. The Bertz CT molecular complexity index is 244. The van der Waals surface area contributed by atoms with Crippen LogP contribution in [0.2, 0.25) is 0 Å². The first-order valence-corrected chi connectivity index (χ1v) is 4.24. The molecular weight excluding hydrogens is 216 g/mol. The first kappa shape index (κ1) is 7.91. The number of thiophene rings is 1. The summed E-state index contributed by atoms with van der Waals surface area (Å²) >= 11 is 4.54. The van der Waals surface area contributed by atoms with Crippen molar-refractivity contribution in [3.63, 3.8) is 0 Å². The third-order valence-corrected chi connectivity index (χ3v) is 2.66. The average Bonchev–Trinajstić information content (AvgIpc) is 2.34. The van der Waals surface area contributed by atoms with Gasteiger partial charge in [-0.3, -0.25) is 4.79 Å². The van der Waals surface area contributed by atoms with E-state index in [2.05, 4.69) is 15.9 Å². The summed E-state index contributed by atoms with van der Waals surface area (Å²) in [5, 5.41) is 8.44. The van der Waals surface area contributed by atoms with Gasteiger partial charge in [0.15, 0.2) is 5.78 Å². The lowest BCUT2D eigenvalue weighted by molar-refractivity contribution is 0.0908. The predicted octanol–water partition coefficient (Wildman–Crippen LogP) is 1.69. The van der Waals surface area contributed by atoms with Gasteiger partial charge in [0, 0.05) is 0 Å². The molecule has 0 aromatic carbocycles. The lowest BCUT2D eigenvalue weighted by Crippen LogP contribution is -2.00. The van der Waals surface area contributed by atoms with E-state index in [9.17, 15) is 4.79 Å². The third kappa shape index (κ3) is 1.65. The number of hydrogen-bond donors (Lipinski definition) is 1. The van der Waals surface area contributed by atoms with E-state index in [-0.39, 0.29) is 5.78 Å². The number of ketones is 1. The van der Waals surface area contributed by atoms with E-state index < -0.39 is 6.61 Å². The highest BCUT2D eigenvalue weighted by molar-refractivity contribution is 9.11. The molecule has 4 heteroatoms. The Balaban J connectivity index is 2.85. The Labute approximate surface area is 70.6 Å². The van der Waals surface area contributed by atoms with Crippen LogP contribution in [-0.4, -0.2) is 17.5 Å². The van der Waals surface area contributed by atoms with Crippen molar-refractivity contribution in [2.45, 2.75) is 0 Å². The van der Waals surface area contributed by atoms with Crippen LogP contribution in [0.5, 0.6) is 0 Å². The lowest BCUT2D eigenvalue weighted by atomic mass is 10.3. The summed E-state index contributed by atoms with van der Waals surface area (Å²) in [5.74, 6) is -0.226. The fourth-order valence-electron chi connectivity index (χ4n) is 0.542. The Morgan fingerprint density at radius 3 is 2.80 bits per heavy atom. The number of aliphatic hydroxyl groups is 1. The molecule has 0 bridgehead atoms. The van der Waals surface area contributed by atoms with Crippen molar-refractivity contribution in [2.75, 3.05) is 6.61 Å². The molecule has 1 aromatic heterocycles. The molecule has 54 valence electrons. The number of halogens is 1. The van der Waals surface area contributed by atoms with Gasteiger partial charge in [-0.2, -0.15) is 0 Å². The van der Waals surface area contributed by atoms with Gasteiger partial charge in [-0.05, 0) is 28.1 Å². The maximum atomic E-state index is 10.8. The quantitative estimate of drug-likeness (QED) is 0.771. The molecule has 0 aliphatic rings. The zero-order valence-corrected chi connectivity index (χ0v) is 7.41. The Morgan fingerprint density at radius 2 is 2.40 bits per heavy atom. The summed E-state index contributed by atoms with van der Waals surface area (Å²) < 4.78 is 0.907. The van der Waals surface area contributed by atoms with Crippen LogP contribution in [0.1, 0.15) is 9.67 Å². The van der Waals surface area contributed by atoms with Crippen molar-refractivity contribution in [3.05, 3.63) is 20.8 Å². The zero-order chi connectivity index (χ0) is 7.56. The molecule has 0 saturated carbocycles. The monoisotopic (exact) mass is 220 g/mol. The number of carbonyl (C=O) groups excluding carboxylic acids is 1. The molecule has 0 aliphatic carbocycles. The fourth-order valence-corrected chi connectivity index (χ4v) is 1.86. The van der Waals surface area contributed by atoms with Crippen LogP contribution in [0.25, 0.3) is 0 Å². The summed E-state index contributed by atoms with van der Waals surface area (Å²) in [6, 6.07) is 3.47. The predicted molar refractivity (Wildman–Crippen MR) is 43.4 cm³/mol. The molecule has 0 unspecified atom stereocenters. The summed E-state index contributed by atoms with van der Waals surface area (Å²) in [6.07, 6.45) is 0. The van der Waals surface area contributed by atoms with Gasteiger partial charge in [-0.15, -0.1) is 11.3 Å². The molecule has 10 heavy (non-hydrogen) atoms. The highest BCUT2D eigenvalue weighted by atomic mass is 79.9. The molecule has 0 amide bonds. The van der Waals surface area contributed by atoms with Crippen LogP contribution in [0.4, 0.5) is 0 Å². The number of aliphatic hydroxyl groups excluding tert-OH is 1. The van der Waals surface area contributed by atoms with Crippen molar-refractivity contribution in [1.29, 1.82) is 0 Å². The van der Waals surface area contributed by atoms with Crippen molar-refractivity contribution in [2.24, 2.45) is 0 Å². The SMILES string of the molecule is O=C(CO)c1ccc(Br)s1. The molecule has 0 saturated heterocycles. The summed E-state index contributed by atoms with van der Waals surface area (Å²) in [6.45, 7) is -0.410. The first-order chi connectivity index (χ1) is 4.74. The molecular formula is C6H5BrO2S. The fraction of sp³-hybridized carbons (Fsp3) is 0.167. The van der Waals surface area contributed by atoms with Crippen molar-refractivity contribution < 1.29 is 9.90 Å². The summed E-state index contributed by atoms with van der Waals surface area (Å²) in [5.41, 5.74) is 0. The summed E-state index contributed by atoms with van der Waals surface area (Å²) in [4.78, 5) is 11.4. The van der Waals surface area contributed by atoms with Crippen molar-refractivity contribution in [3.8, 4) is 0 Å². The maximum Gasteiger partial charge on any atom is 0.198 e. The highest BCUT2D eigenvalue weighted by Gasteiger charge is 2.05. The van der Waals surface area contributed by atoms with E-state index >= 15 is 0 Å². The molecule has 0 radical (unpaired) electrons. The normalized spacial score (nSPS) is 9.80. The van der Waals surface area contributed by atoms with Gasteiger partial charge < -0.3 is 5.11 Å². The molecule has 2 nitrogen and oxygen atoms in total. The van der Waals surface area contributed by atoms with Gasteiger partial charge in [0.1, 0.15) is 6.61 Å². The van der Waals surface area contributed by atoms with Crippen molar-refractivity contribution in [1.82, 2.24) is 0 Å². The Morgan fingerprint density at radius 1 is 1.70 bits per heavy atom. The van der Waals surface area contributed by atoms with Gasteiger partial charge in [0.25, 0.3) is 0 Å². The van der Waals surface area contributed by atoms with Gasteiger partial charge in [-0.1, -0.05) is 0 Å². The van der Waals surface area contributed by atoms with Crippen LogP contribution in [0.3, 0.4) is 0 Å². The number of Topliss-reactive ketones (excluding diaryl/α,β-unsaturated/α-hetero) is 1. The van der Waals surface area contributed by atoms with E-state index in [1.54, 1.807) is 12.1 Å². The minimum absolute atomic E-state index is 0.226. The number of rotatable bonds is 2. The molecule has 1 N–H and O–H groups in total. The molecule has 0 aliphatic heterocycles. The van der Waals surface area contributed by atoms with Gasteiger partial charge in [0.05, 0.1) is 8.66 Å². The molecule has 0 fully saturated rings. The zero-order valence-electron chi connectivity index (χ0n) is 5.00. The Hall–Kier alpha value is -0.190. The van der Waals surface area contributed by atoms with Crippen LogP contribution in [0.15, 0.2) is 15.9 Å². The largest absolute Gasteiger partial charge is 0.388 e. The average molecular weight is 221 g/mol. The van der Waals surface area contributed by atoms with E-state index in [0.29, 0.717) is 4.88 Å². The summed E-state index contributed by atoms with van der Waals surface area (Å²) in [7, 11) is 0. The van der Waals surface area contributed by atoms with Crippen molar-refractivity contribution >= 4 is 33.0 Å². The lowest BCUT2D eigenvalue weighted by Gasteiger charge is -1.86. The van der Waals surface area contributed by atoms with E-state index in [0.717, 1.165) is 3.79 Å². The minimum atomic E-state index is -0.410. The van der Waals surface area contributed by atoms with Gasteiger partial charge in [-0.25, -0.2) is 0 Å². The van der Waals surface area contributed by atoms with Crippen LogP contribution in [-0.2, 0) is 0 Å². The number of carbonyl (C=O) groups is 1. The second-order valence-corrected chi connectivity index (χ2v) is 4.15. The van der Waals surface area contributed by atoms with Crippen LogP contribution < -0.4 is 0 Å². The standard InChI is InChI=1S/C6H5BrO2S/c7-6-2-1-5(10-6)4(9)3-8/h1-2,8H,3H2. The van der Waals surface area contributed by atoms with E-state index in [1.165, 1.54) is 11.3 Å². The molecule has 0 atom stereocenters. The minimum Gasteiger partial charge on any atom is -0.388 e. The topological polar surface area (TPSA) is 37.3 Å². The van der Waals surface area contributed by atoms with E-state index in [4.69, 9.17) is 5.11 Å². The smallest absolute Gasteiger partial charge is 0.198 e. The molecule has 1 rings (SSSR count). The maximum absolute atomic E-state index is 10.8. The third-order valence-electron chi connectivity index (χ3n) is 0.992.